The van der Waals surface area contributed by atoms with E-state index in [0.717, 1.165) is 18.4 Å². The molecule has 0 radical (unpaired) electrons. The summed E-state index contributed by atoms with van der Waals surface area (Å²) >= 11 is 0. The number of carbonyl (C=O) groups is 1. The standard InChI is InChI=1S/C19H27NO3/c1-18(2)13-9-10-19(18,3)16(22)15(13)20-17(23)14(21)11-12-7-5-4-6-8-12/h4-8,13-16,21-22H,9-11H2,1-3H3,(H,20,23)/t13-,14+,15-,16-,19+/m1/s1. The van der Waals surface area contributed by atoms with Gasteiger partial charge in [-0.15, -0.1) is 0 Å². The number of rotatable bonds is 4. The summed E-state index contributed by atoms with van der Waals surface area (Å²) in [5.74, 6) is -0.125. The Morgan fingerprint density at radius 2 is 1.96 bits per heavy atom. The lowest BCUT2D eigenvalue weighted by molar-refractivity contribution is -0.131. The van der Waals surface area contributed by atoms with E-state index in [2.05, 4.69) is 26.1 Å². The molecule has 0 saturated heterocycles. The van der Waals surface area contributed by atoms with Gasteiger partial charge in [0, 0.05) is 11.8 Å². The van der Waals surface area contributed by atoms with Crippen LogP contribution in [0, 0.1) is 16.7 Å². The number of aliphatic hydroxyl groups excluding tert-OH is 2. The molecule has 4 nitrogen and oxygen atoms in total. The molecular weight excluding hydrogens is 290 g/mol. The lowest BCUT2D eigenvalue weighted by Gasteiger charge is -2.37. The maximum Gasteiger partial charge on any atom is 0.249 e. The van der Waals surface area contributed by atoms with E-state index in [1.54, 1.807) is 0 Å². The molecule has 0 aliphatic heterocycles. The summed E-state index contributed by atoms with van der Waals surface area (Å²) < 4.78 is 0. The van der Waals surface area contributed by atoms with Gasteiger partial charge >= 0.3 is 0 Å². The molecule has 0 spiro atoms. The first-order chi connectivity index (χ1) is 10.8. The monoisotopic (exact) mass is 317 g/mol. The van der Waals surface area contributed by atoms with Crippen LogP contribution in [0.15, 0.2) is 30.3 Å². The molecule has 126 valence electrons. The van der Waals surface area contributed by atoms with Crippen molar-refractivity contribution >= 4 is 5.91 Å². The predicted molar refractivity (Wildman–Crippen MR) is 88.7 cm³/mol. The van der Waals surface area contributed by atoms with Crippen LogP contribution in [0.2, 0.25) is 0 Å². The van der Waals surface area contributed by atoms with Crippen molar-refractivity contribution in [3.63, 3.8) is 0 Å². The molecule has 4 heteroatoms. The fourth-order valence-electron chi connectivity index (χ4n) is 4.71. The van der Waals surface area contributed by atoms with Crippen molar-refractivity contribution in [1.29, 1.82) is 0 Å². The normalized spacial score (nSPS) is 36.0. The van der Waals surface area contributed by atoms with Crippen molar-refractivity contribution in [2.24, 2.45) is 16.7 Å². The zero-order chi connectivity index (χ0) is 16.8. The first kappa shape index (κ1) is 16.5. The number of fused-ring (bicyclic) bond motifs is 2. The molecular formula is C19H27NO3. The summed E-state index contributed by atoms with van der Waals surface area (Å²) in [4.78, 5) is 12.4. The summed E-state index contributed by atoms with van der Waals surface area (Å²) in [5, 5.41) is 23.8. The molecule has 5 atom stereocenters. The lowest BCUT2D eigenvalue weighted by Crippen LogP contribution is -2.52. The van der Waals surface area contributed by atoms with E-state index in [9.17, 15) is 15.0 Å². The van der Waals surface area contributed by atoms with Gasteiger partial charge in [0.2, 0.25) is 5.91 Å². The van der Waals surface area contributed by atoms with Gasteiger partial charge in [-0.25, -0.2) is 0 Å². The molecule has 2 saturated carbocycles. The Balaban J connectivity index is 1.67. The number of aliphatic hydroxyl groups is 2. The second kappa shape index (κ2) is 5.60. The molecule has 1 aromatic rings. The van der Waals surface area contributed by atoms with E-state index in [1.807, 2.05) is 30.3 Å². The smallest absolute Gasteiger partial charge is 0.249 e. The van der Waals surface area contributed by atoms with Crippen LogP contribution in [0.3, 0.4) is 0 Å². The number of benzene rings is 1. The van der Waals surface area contributed by atoms with Gasteiger partial charge in [0.05, 0.1) is 12.1 Å². The molecule has 23 heavy (non-hydrogen) atoms. The Morgan fingerprint density at radius 1 is 1.30 bits per heavy atom. The van der Waals surface area contributed by atoms with Gasteiger partial charge in [-0.2, -0.15) is 0 Å². The number of carbonyl (C=O) groups excluding carboxylic acids is 1. The van der Waals surface area contributed by atoms with Gasteiger partial charge in [0.1, 0.15) is 6.10 Å². The second-order valence-corrected chi connectivity index (χ2v) is 7.97. The van der Waals surface area contributed by atoms with E-state index >= 15 is 0 Å². The van der Waals surface area contributed by atoms with Gasteiger partial charge in [-0.05, 0) is 29.7 Å². The molecule has 0 heterocycles. The third-order valence-corrected chi connectivity index (χ3v) is 6.68. The highest BCUT2D eigenvalue weighted by Crippen LogP contribution is 2.65. The summed E-state index contributed by atoms with van der Waals surface area (Å²) in [5.41, 5.74) is 0.755. The minimum atomic E-state index is -1.08. The van der Waals surface area contributed by atoms with E-state index in [-0.39, 0.29) is 28.7 Å². The van der Waals surface area contributed by atoms with E-state index in [1.165, 1.54) is 0 Å². The highest BCUT2D eigenvalue weighted by molar-refractivity contribution is 5.81. The van der Waals surface area contributed by atoms with E-state index in [4.69, 9.17) is 0 Å². The molecule has 1 aromatic carbocycles. The SMILES string of the molecule is CC1(C)[C@@H]2CC[C@@]1(C)[C@H](O)[C@@H]2NC(=O)[C@@H](O)Cc1ccccc1. The van der Waals surface area contributed by atoms with Gasteiger partial charge in [0.25, 0.3) is 0 Å². The number of hydrogen-bond acceptors (Lipinski definition) is 3. The van der Waals surface area contributed by atoms with Crippen LogP contribution in [0.5, 0.6) is 0 Å². The maximum absolute atomic E-state index is 12.4. The molecule has 2 aliphatic rings. The number of hydrogen-bond donors (Lipinski definition) is 3. The highest BCUT2D eigenvalue weighted by Gasteiger charge is 2.66. The molecule has 2 aliphatic carbocycles. The Hall–Kier alpha value is -1.39. The van der Waals surface area contributed by atoms with Crippen LogP contribution in [0.25, 0.3) is 0 Å². The Kier molecular flexibility index (Phi) is 4.01. The van der Waals surface area contributed by atoms with Crippen molar-refractivity contribution in [3.05, 3.63) is 35.9 Å². The van der Waals surface area contributed by atoms with Crippen LogP contribution in [-0.2, 0) is 11.2 Å². The van der Waals surface area contributed by atoms with Gasteiger partial charge in [-0.3, -0.25) is 4.79 Å². The van der Waals surface area contributed by atoms with Gasteiger partial charge in [-0.1, -0.05) is 51.1 Å². The number of nitrogens with one attached hydrogen (secondary N) is 1. The highest BCUT2D eigenvalue weighted by atomic mass is 16.3. The Labute approximate surface area is 137 Å². The summed E-state index contributed by atoms with van der Waals surface area (Å²) in [6, 6.07) is 9.22. The first-order valence-corrected chi connectivity index (χ1v) is 8.48. The predicted octanol–water partition coefficient (Wildman–Crippen LogP) is 1.89. The third kappa shape index (κ3) is 2.48. The molecule has 3 N–H and O–H groups in total. The molecule has 1 amide bonds. The Morgan fingerprint density at radius 3 is 2.52 bits per heavy atom. The van der Waals surface area contributed by atoms with Crippen molar-refractivity contribution in [3.8, 4) is 0 Å². The van der Waals surface area contributed by atoms with Crippen molar-refractivity contribution < 1.29 is 15.0 Å². The average molecular weight is 317 g/mol. The minimum absolute atomic E-state index is 0.00521. The molecule has 3 rings (SSSR count). The zero-order valence-corrected chi connectivity index (χ0v) is 14.1. The largest absolute Gasteiger partial charge is 0.390 e. The molecule has 0 aromatic heterocycles. The molecule has 2 bridgehead atoms. The second-order valence-electron chi connectivity index (χ2n) is 7.97. The summed E-state index contributed by atoms with van der Waals surface area (Å²) in [6.07, 6.45) is 0.662. The summed E-state index contributed by atoms with van der Waals surface area (Å²) in [7, 11) is 0. The fraction of sp³-hybridized carbons (Fsp3) is 0.632. The Bertz CT molecular complexity index is 586. The lowest BCUT2D eigenvalue weighted by atomic mass is 9.70. The summed E-state index contributed by atoms with van der Waals surface area (Å²) in [6.45, 7) is 6.48. The molecule has 2 fully saturated rings. The number of amides is 1. The first-order valence-electron chi connectivity index (χ1n) is 8.48. The minimum Gasteiger partial charge on any atom is -0.390 e. The zero-order valence-electron chi connectivity index (χ0n) is 14.1. The van der Waals surface area contributed by atoms with E-state index < -0.39 is 12.2 Å². The van der Waals surface area contributed by atoms with Crippen LogP contribution in [-0.4, -0.2) is 34.4 Å². The topological polar surface area (TPSA) is 69.6 Å². The van der Waals surface area contributed by atoms with Gasteiger partial charge in [0.15, 0.2) is 0 Å². The van der Waals surface area contributed by atoms with Crippen molar-refractivity contribution in [2.45, 2.75) is 58.3 Å². The van der Waals surface area contributed by atoms with Crippen LogP contribution >= 0.6 is 0 Å². The quantitative estimate of drug-likeness (QED) is 0.794. The van der Waals surface area contributed by atoms with Crippen LogP contribution in [0.4, 0.5) is 0 Å². The van der Waals surface area contributed by atoms with Crippen molar-refractivity contribution in [2.75, 3.05) is 0 Å². The van der Waals surface area contributed by atoms with E-state index in [0.29, 0.717) is 6.42 Å². The van der Waals surface area contributed by atoms with Crippen LogP contribution < -0.4 is 5.32 Å². The third-order valence-electron chi connectivity index (χ3n) is 6.68. The average Bonchev–Trinajstić information content (AvgIpc) is 2.82. The maximum atomic E-state index is 12.4. The van der Waals surface area contributed by atoms with Crippen molar-refractivity contribution in [1.82, 2.24) is 5.32 Å². The van der Waals surface area contributed by atoms with Crippen LogP contribution in [0.1, 0.15) is 39.2 Å². The van der Waals surface area contributed by atoms with Gasteiger partial charge < -0.3 is 15.5 Å². The molecule has 0 unspecified atom stereocenters. The fourth-order valence-corrected chi connectivity index (χ4v) is 4.71.